The highest BCUT2D eigenvalue weighted by atomic mass is 16.5. The number of fused-ring (bicyclic) bond motifs is 2. The molecule has 1 aliphatic rings. The summed E-state index contributed by atoms with van der Waals surface area (Å²) in [6.45, 7) is 4.50. The van der Waals surface area contributed by atoms with Gasteiger partial charge in [-0.1, -0.05) is 38.1 Å². The average molecular weight is 275 g/mol. The molecule has 1 heterocycles. The van der Waals surface area contributed by atoms with Gasteiger partial charge in [-0.15, -0.1) is 0 Å². The zero-order valence-corrected chi connectivity index (χ0v) is 12.5. The molecule has 0 saturated heterocycles. The van der Waals surface area contributed by atoms with Gasteiger partial charge in [0.1, 0.15) is 5.75 Å². The van der Waals surface area contributed by atoms with E-state index in [4.69, 9.17) is 9.72 Å². The maximum atomic E-state index is 5.48. The standard InChI is InChI=1S/C19H17NO/c1-19(2)16-7-5-4-6-14(16)15-11-13(21-3)10-12-8-9-20-18(19)17(12)15/h4-11H,1-3H3. The smallest absolute Gasteiger partial charge is 0.120 e. The molecule has 1 aromatic heterocycles. The number of pyridine rings is 1. The van der Waals surface area contributed by atoms with Crippen molar-refractivity contribution < 1.29 is 4.74 Å². The molecule has 4 rings (SSSR count). The number of benzene rings is 2. The van der Waals surface area contributed by atoms with Crippen molar-refractivity contribution in [1.29, 1.82) is 0 Å². The van der Waals surface area contributed by atoms with E-state index in [1.807, 2.05) is 6.20 Å². The second-order valence-corrected chi connectivity index (χ2v) is 6.10. The Hall–Kier alpha value is -2.35. The summed E-state index contributed by atoms with van der Waals surface area (Å²) in [7, 11) is 1.72. The molecule has 2 aromatic carbocycles. The van der Waals surface area contributed by atoms with Crippen molar-refractivity contribution in [3.63, 3.8) is 0 Å². The molecule has 0 amide bonds. The van der Waals surface area contributed by atoms with Gasteiger partial charge in [-0.3, -0.25) is 4.98 Å². The lowest BCUT2D eigenvalue weighted by Gasteiger charge is -2.33. The van der Waals surface area contributed by atoms with E-state index >= 15 is 0 Å². The quantitative estimate of drug-likeness (QED) is 0.650. The fourth-order valence-corrected chi connectivity index (χ4v) is 3.48. The monoisotopic (exact) mass is 275 g/mol. The van der Waals surface area contributed by atoms with E-state index in [1.165, 1.54) is 27.5 Å². The molecule has 0 radical (unpaired) electrons. The summed E-state index contributed by atoms with van der Waals surface area (Å²) in [5.41, 5.74) is 4.90. The van der Waals surface area contributed by atoms with Crippen LogP contribution in [0.15, 0.2) is 48.7 Å². The van der Waals surface area contributed by atoms with E-state index in [1.54, 1.807) is 7.11 Å². The molecule has 2 heteroatoms. The van der Waals surface area contributed by atoms with E-state index in [2.05, 4.69) is 56.3 Å². The van der Waals surface area contributed by atoms with Crippen LogP contribution in [0.1, 0.15) is 25.1 Å². The lowest BCUT2D eigenvalue weighted by Crippen LogP contribution is -2.25. The highest BCUT2D eigenvalue weighted by molar-refractivity contribution is 6.03. The highest BCUT2D eigenvalue weighted by Gasteiger charge is 2.34. The number of methoxy groups -OCH3 is 1. The van der Waals surface area contributed by atoms with E-state index in [0.29, 0.717) is 0 Å². The van der Waals surface area contributed by atoms with Gasteiger partial charge in [-0.05, 0) is 40.3 Å². The van der Waals surface area contributed by atoms with Gasteiger partial charge >= 0.3 is 0 Å². The van der Waals surface area contributed by atoms with Gasteiger partial charge in [-0.2, -0.15) is 0 Å². The minimum Gasteiger partial charge on any atom is -0.497 e. The topological polar surface area (TPSA) is 22.1 Å². The number of nitrogens with zero attached hydrogens (tertiary/aromatic N) is 1. The molecule has 0 atom stereocenters. The molecule has 3 aromatic rings. The predicted molar refractivity (Wildman–Crippen MR) is 85.9 cm³/mol. The molecule has 2 nitrogen and oxygen atoms in total. The van der Waals surface area contributed by atoms with Crippen molar-refractivity contribution in [3.05, 3.63) is 59.9 Å². The Kier molecular flexibility index (Phi) is 2.41. The van der Waals surface area contributed by atoms with Crippen LogP contribution >= 0.6 is 0 Å². The zero-order valence-electron chi connectivity index (χ0n) is 12.5. The van der Waals surface area contributed by atoms with Gasteiger partial charge in [0.15, 0.2) is 0 Å². The van der Waals surface area contributed by atoms with Crippen molar-refractivity contribution >= 4 is 10.8 Å². The highest BCUT2D eigenvalue weighted by Crippen LogP contribution is 2.48. The lowest BCUT2D eigenvalue weighted by molar-refractivity contribution is 0.415. The van der Waals surface area contributed by atoms with Crippen LogP contribution in [0.3, 0.4) is 0 Å². The maximum Gasteiger partial charge on any atom is 0.120 e. The maximum absolute atomic E-state index is 5.48. The largest absolute Gasteiger partial charge is 0.497 e. The first-order valence-corrected chi connectivity index (χ1v) is 7.20. The van der Waals surface area contributed by atoms with Crippen molar-refractivity contribution in [2.24, 2.45) is 0 Å². The third-order valence-corrected chi connectivity index (χ3v) is 4.56. The Morgan fingerprint density at radius 1 is 1.00 bits per heavy atom. The van der Waals surface area contributed by atoms with Gasteiger partial charge < -0.3 is 4.74 Å². The van der Waals surface area contributed by atoms with Gasteiger partial charge in [0, 0.05) is 17.0 Å². The summed E-state index contributed by atoms with van der Waals surface area (Å²) < 4.78 is 5.48. The summed E-state index contributed by atoms with van der Waals surface area (Å²) >= 11 is 0. The number of rotatable bonds is 1. The Morgan fingerprint density at radius 2 is 1.81 bits per heavy atom. The van der Waals surface area contributed by atoms with Crippen LogP contribution in [-0.4, -0.2) is 12.1 Å². The minimum atomic E-state index is -0.0856. The Balaban J connectivity index is 2.24. The van der Waals surface area contributed by atoms with Crippen molar-refractivity contribution in [2.45, 2.75) is 19.3 Å². The molecule has 1 aliphatic carbocycles. The minimum absolute atomic E-state index is 0.0856. The molecule has 0 N–H and O–H groups in total. The third-order valence-electron chi connectivity index (χ3n) is 4.56. The summed E-state index contributed by atoms with van der Waals surface area (Å²) in [5, 5.41) is 2.44. The molecule has 0 aliphatic heterocycles. The first kappa shape index (κ1) is 12.4. The number of ether oxygens (including phenoxy) is 1. The summed E-state index contributed by atoms with van der Waals surface area (Å²) in [6.07, 6.45) is 1.90. The molecular formula is C19H17NO. The summed E-state index contributed by atoms with van der Waals surface area (Å²) in [6, 6.07) is 14.9. The fourth-order valence-electron chi connectivity index (χ4n) is 3.48. The first-order valence-electron chi connectivity index (χ1n) is 7.20. The van der Waals surface area contributed by atoms with Crippen LogP contribution in [0.4, 0.5) is 0 Å². The number of hydrogen-bond donors (Lipinski definition) is 0. The van der Waals surface area contributed by atoms with Gasteiger partial charge in [-0.25, -0.2) is 0 Å². The lowest BCUT2D eigenvalue weighted by atomic mass is 9.71. The second kappa shape index (κ2) is 4.08. The van der Waals surface area contributed by atoms with Gasteiger partial charge in [0.2, 0.25) is 0 Å². The van der Waals surface area contributed by atoms with Crippen LogP contribution in [-0.2, 0) is 5.41 Å². The number of aromatic nitrogens is 1. The van der Waals surface area contributed by atoms with Crippen LogP contribution in [0.2, 0.25) is 0 Å². The predicted octanol–water partition coefficient (Wildman–Crippen LogP) is 4.55. The van der Waals surface area contributed by atoms with Crippen molar-refractivity contribution in [3.8, 4) is 16.9 Å². The van der Waals surface area contributed by atoms with Crippen LogP contribution < -0.4 is 4.74 Å². The Labute approximate surface area is 124 Å². The second-order valence-electron chi connectivity index (χ2n) is 6.10. The van der Waals surface area contributed by atoms with Crippen LogP contribution in [0.25, 0.3) is 21.9 Å². The Morgan fingerprint density at radius 3 is 2.62 bits per heavy atom. The molecule has 0 spiro atoms. The van der Waals surface area contributed by atoms with E-state index < -0.39 is 0 Å². The molecule has 0 fully saturated rings. The SMILES string of the molecule is COc1cc2c3c(nccc3c1)C(C)(C)c1ccccc1-2. The molecule has 21 heavy (non-hydrogen) atoms. The normalized spacial score (nSPS) is 14.8. The van der Waals surface area contributed by atoms with Crippen LogP contribution in [0.5, 0.6) is 5.75 Å². The van der Waals surface area contributed by atoms with Crippen LogP contribution in [0, 0.1) is 0 Å². The Bertz CT molecular complexity index is 865. The van der Waals surface area contributed by atoms with E-state index in [9.17, 15) is 0 Å². The summed E-state index contributed by atoms with van der Waals surface area (Å²) in [5.74, 6) is 0.893. The third kappa shape index (κ3) is 1.56. The van der Waals surface area contributed by atoms with Crippen molar-refractivity contribution in [2.75, 3.05) is 7.11 Å². The van der Waals surface area contributed by atoms with Gasteiger partial charge in [0.05, 0.1) is 12.8 Å². The fraction of sp³-hybridized carbons (Fsp3) is 0.211. The van der Waals surface area contributed by atoms with Gasteiger partial charge in [0.25, 0.3) is 0 Å². The first-order chi connectivity index (χ1) is 10.1. The van der Waals surface area contributed by atoms with E-state index in [0.717, 1.165) is 11.4 Å². The molecule has 0 bridgehead atoms. The van der Waals surface area contributed by atoms with E-state index in [-0.39, 0.29) is 5.41 Å². The molecule has 104 valence electrons. The number of hydrogen-bond acceptors (Lipinski definition) is 2. The molecule has 0 saturated carbocycles. The molecule has 0 unspecified atom stereocenters. The van der Waals surface area contributed by atoms with Crippen molar-refractivity contribution in [1.82, 2.24) is 4.98 Å². The zero-order chi connectivity index (χ0) is 14.6. The average Bonchev–Trinajstić information content (AvgIpc) is 2.52. The summed E-state index contributed by atoms with van der Waals surface area (Å²) in [4.78, 5) is 4.70. The molecular weight excluding hydrogens is 258 g/mol.